The lowest BCUT2D eigenvalue weighted by atomic mass is 9.98. The number of anilines is 5. The summed E-state index contributed by atoms with van der Waals surface area (Å²) in [4.78, 5) is 27.1. The van der Waals surface area contributed by atoms with E-state index < -0.39 is 17.6 Å². The number of alkyl halides is 2. The number of nitrogens with zero attached hydrogens (tertiary/aromatic N) is 3. The molecule has 4 heterocycles. The van der Waals surface area contributed by atoms with Crippen LogP contribution in [0.1, 0.15) is 36.0 Å². The van der Waals surface area contributed by atoms with Crippen molar-refractivity contribution in [3.63, 3.8) is 0 Å². The van der Waals surface area contributed by atoms with Crippen LogP contribution in [0.4, 0.5) is 42.0 Å². The van der Waals surface area contributed by atoms with E-state index >= 15 is 0 Å². The molecule has 0 atom stereocenters. The lowest BCUT2D eigenvalue weighted by Crippen LogP contribution is -2.51. The summed E-state index contributed by atoms with van der Waals surface area (Å²) in [6.07, 6.45) is 3.90. The largest absolute Gasteiger partial charge is 0.493 e. The first-order valence-electron chi connectivity index (χ1n) is 14.3. The van der Waals surface area contributed by atoms with Crippen molar-refractivity contribution in [2.24, 2.45) is 5.73 Å². The number of hydrogen-bond donors (Lipinski definition) is 4. The van der Waals surface area contributed by atoms with E-state index in [2.05, 4.69) is 30.5 Å². The van der Waals surface area contributed by atoms with E-state index in [-0.39, 0.29) is 30.3 Å². The molecular formula is C30H34F3N8O2+. The molecule has 2 aliphatic heterocycles. The second-order valence-corrected chi connectivity index (χ2v) is 11.0. The van der Waals surface area contributed by atoms with Gasteiger partial charge in [0.25, 0.3) is 11.8 Å². The van der Waals surface area contributed by atoms with E-state index in [0.29, 0.717) is 40.7 Å². The number of ether oxygens (including phenoxy) is 1. The van der Waals surface area contributed by atoms with Crippen molar-refractivity contribution in [1.82, 2.24) is 14.9 Å². The number of nitrogens with one attached hydrogen (secondary N) is 4. The van der Waals surface area contributed by atoms with E-state index in [1.165, 1.54) is 18.2 Å². The Kier molecular flexibility index (Phi) is 7.74. The highest BCUT2D eigenvalue weighted by Gasteiger charge is 2.38. The zero-order valence-corrected chi connectivity index (χ0v) is 23.7. The Hall–Kier alpha value is -4.52. The van der Waals surface area contributed by atoms with Gasteiger partial charge in [-0.2, -0.15) is 0 Å². The summed E-state index contributed by atoms with van der Waals surface area (Å²) >= 11 is 0. The molecule has 1 amide bonds. The number of rotatable bonds is 8. The Labute approximate surface area is 246 Å². The molecule has 2 saturated heterocycles. The summed E-state index contributed by atoms with van der Waals surface area (Å²) in [7, 11) is 1.58. The van der Waals surface area contributed by atoms with Gasteiger partial charge in [0, 0.05) is 43.5 Å². The van der Waals surface area contributed by atoms with Gasteiger partial charge in [0.15, 0.2) is 5.75 Å². The monoisotopic (exact) mass is 595 g/mol. The molecule has 0 saturated carbocycles. The number of carbonyl (C=O) groups is 1. The Morgan fingerprint density at radius 3 is 2.67 bits per heavy atom. The third-order valence-corrected chi connectivity index (χ3v) is 8.18. The maximum absolute atomic E-state index is 14.0. The second kappa shape index (κ2) is 11.6. The average Bonchev–Trinajstić information content (AvgIpc) is 3.46. The van der Waals surface area contributed by atoms with Crippen LogP contribution in [0.2, 0.25) is 0 Å². The van der Waals surface area contributed by atoms with Gasteiger partial charge >= 0.3 is 5.95 Å². The fourth-order valence-electron chi connectivity index (χ4n) is 6.01. The maximum Gasteiger partial charge on any atom is 0.351 e. The molecule has 0 unspecified atom stereocenters. The van der Waals surface area contributed by atoms with Crippen molar-refractivity contribution >= 4 is 45.8 Å². The Morgan fingerprint density at radius 1 is 1.12 bits per heavy atom. The minimum absolute atomic E-state index is 0.0181. The lowest BCUT2D eigenvalue weighted by Gasteiger charge is -2.42. The highest BCUT2D eigenvalue weighted by atomic mass is 19.3. The van der Waals surface area contributed by atoms with Crippen LogP contribution < -0.4 is 31.0 Å². The summed E-state index contributed by atoms with van der Waals surface area (Å²) < 4.78 is 47.6. The molecule has 6 N–H and O–H groups in total. The number of piperidine rings is 2. The third-order valence-electron chi connectivity index (χ3n) is 8.18. The summed E-state index contributed by atoms with van der Waals surface area (Å²) in [6.45, 7) is 2.13. The Bertz CT molecular complexity index is 1640. The molecular weight excluding hydrogens is 561 g/mol. The van der Waals surface area contributed by atoms with Gasteiger partial charge in [-0.3, -0.25) is 20.0 Å². The Balaban J connectivity index is 1.19. The van der Waals surface area contributed by atoms with Crippen LogP contribution in [-0.2, 0) is 0 Å². The van der Waals surface area contributed by atoms with E-state index in [9.17, 15) is 18.0 Å². The summed E-state index contributed by atoms with van der Waals surface area (Å²) in [5, 5.41) is 6.99. The molecule has 2 aromatic carbocycles. The topological polar surface area (TPSA) is 126 Å². The van der Waals surface area contributed by atoms with Crippen molar-refractivity contribution in [2.75, 3.05) is 48.8 Å². The van der Waals surface area contributed by atoms with Crippen molar-refractivity contribution < 1.29 is 27.7 Å². The third kappa shape index (κ3) is 6.17. The Morgan fingerprint density at radius 2 is 1.93 bits per heavy atom. The standard InChI is InChI=1S/C30H33F3N8O2/c1-43-25-16-20(40-13-8-19(9-14-40)41-12-2-10-30(32,33)17-41)4-6-23(25)37-29-38-27-22(7-11-35-27)28(39-29)36-24-15-18(31)3-5-21(24)26(34)42/h3-7,11,15-16,19H,2,8-10,12-14,17H2,1H3,(H2,34,42)(H3,35,36,37,38,39)/p+1. The molecule has 43 heavy (non-hydrogen) atoms. The summed E-state index contributed by atoms with van der Waals surface area (Å²) in [5.74, 6) is -2.49. The van der Waals surface area contributed by atoms with Gasteiger partial charge in [-0.05, 0) is 62.2 Å². The van der Waals surface area contributed by atoms with Crippen LogP contribution in [0, 0.1) is 5.82 Å². The van der Waals surface area contributed by atoms with Gasteiger partial charge in [0.2, 0.25) is 11.5 Å². The van der Waals surface area contributed by atoms with Crippen molar-refractivity contribution in [1.29, 1.82) is 0 Å². The summed E-state index contributed by atoms with van der Waals surface area (Å²) in [5.41, 5.74) is 8.10. The lowest BCUT2D eigenvalue weighted by molar-refractivity contribution is -0.333. The van der Waals surface area contributed by atoms with Crippen molar-refractivity contribution in [2.45, 2.75) is 37.6 Å². The second-order valence-electron chi connectivity index (χ2n) is 11.0. The van der Waals surface area contributed by atoms with E-state index in [0.717, 1.165) is 38.2 Å². The highest BCUT2D eigenvalue weighted by molar-refractivity contribution is 6.00. The van der Waals surface area contributed by atoms with Gasteiger partial charge in [-0.1, -0.05) is 4.98 Å². The zero-order valence-electron chi connectivity index (χ0n) is 23.7. The predicted molar refractivity (Wildman–Crippen MR) is 158 cm³/mol. The first-order chi connectivity index (χ1) is 20.7. The number of benzene rings is 2. The molecule has 0 aliphatic carbocycles. The first kappa shape index (κ1) is 28.6. The SMILES string of the molecule is COc1cc(N2CCC(N3CCCC(F)(F)C3)CC2)ccc1Nc1nc(Nc2cc(F)ccc2C(N)=O)c2cc[nH]c2[nH+]1. The van der Waals surface area contributed by atoms with Crippen LogP contribution in [0.5, 0.6) is 5.75 Å². The smallest absolute Gasteiger partial charge is 0.351 e. The van der Waals surface area contributed by atoms with Crippen LogP contribution in [0.3, 0.4) is 0 Å². The van der Waals surface area contributed by atoms with E-state index in [4.69, 9.17) is 10.5 Å². The number of amides is 1. The van der Waals surface area contributed by atoms with Crippen molar-refractivity contribution in [3.8, 4) is 5.75 Å². The number of H-pyrrole nitrogens is 2. The number of primary amides is 1. The molecule has 0 spiro atoms. The average molecular weight is 596 g/mol. The number of likely N-dealkylation sites (tertiary alicyclic amines) is 1. The van der Waals surface area contributed by atoms with Gasteiger partial charge in [-0.25, -0.2) is 18.2 Å². The molecule has 10 nitrogen and oxygen atoms in total. The van der Waals surface area contributed by atoms with Crippen molar-refractivity contribution in [3.05, 3.63) is 60.0 Å². The van der Waals surface area contributed by atoms with Gasteiger partial charge in [0.1, 0.15) is 11.5 Å². The molecule has 0 bridgehead atoms. The van der Waals surface area contributed by atoms with Crippen LogP contribution in [0.15, 0.2) is 48.7 Å². The normalized spacial score (nSPS) is 17.6. The van der Waals surface area contributed by atoms with Gasteiger partial charge < -0.3 is 20.7 Å². The van der Waals surface area contributed by atoms with Crippen LogP contribution in [0.25, 0.3) is 11.0 Å². The zero-order chi connectivity index (χ0) is 30.1. The number of aromatic nitrogens is 3. The minimum Gasteiger partial charge on any atom is -0.493 e. The fourth-order valence-corrected chi connectivity index (χ4v) is 6.01. The van der Waals surface area contributed by atoms with Gasteiger partial charge in [-0.15, -0.1) is 0 Å². The van der Waals surface area contributed by atoms with Crippen LogP contribution in [-0.4, -0.2) is 66.0 Å². The van der Waals surface area contributed by atoms with Gasteiger partial charge in [0.05, 0.1) is 30.3 Å². The fraction of sp³-hybridized carbons (Fsp3) is 0.367. The highest BCUT2D eigenvalue weighted by Crippen LogP contribution is 2.35. The summed E-state index contributed by atoms with van der Waals surface area (Å²) in [6, 6.07) is 11.5. The molecule has 4 aromatic rings. The molecule has 13 heteroatoms. The maximum atomic E-state index is 14.0. The predicted octanol–water partition coefficient (Wildman–Crippen LogP) is 4.81. The number of fused-ring (bicyclic) bond motifs is 1. The number of methoxy groups -OCH3 is 1. The van der Waals surface area contributed by atoms with E-state index in [1.54, 1.807) is 19.4 Å². The number of halogens is 3. The number of hydrogen-bond acceptors (Lipinski definition) is 7. The van der Waals surface area contributed by atoms with Crippen LogP contribution >= 0.6 is 0 Å². The minimum atomic E-state index is -2.59. The quantitative estimate of drug-likeness (QED) is 0.230. The first-order valence-corrected chi connectivity index (χ1v) is 14.3. The molecule has 226 valence electrons. The number of aromatic amines is 2. The number of nitrogens with two attached hydrogens (primary N) is 1. The van der Waals surface area contributed by atoms with E-state index in [1.807, 2.05) is 23.1 Å². The molecule has 2 aromatic heterocycles. The molecule has 2 aliphatic rings. The molecule has 2 fully saturated rings. The number of carbonyl (C=O) groups excluding carboxylic acids is 1. The molecule has 6 rings (SSSR count). The molecule has 0 radical (unpaired) electrons.